The summed E-state index contributed by atoms with van der Waals surface area (Å²) in [6, 6.07) is 98.0. The molecule has 0 saturated carbocycles. The summed E-state index contributed by atoms with van der Waals surface area (Å²) in [6.45, 7) is 0. The van der Waals surface area contributed by atoms with E-state index in [1.807, 2.05) is 0 Å². The zero-order chi connectivity index (χ0) is 46.1. The minimum absolute atomic E-state index is 1.12. The molecule has 0 saturated heterocycles. The molecule has 0 unspecified atom stereocenters. The first kappa shape index (κ1) is 39.9. The maximum Gasteiger partial charge on any atom is 0.0541 e. The molecule has 0 bridgehead atoms. The summed E-state index contributed by atoms with van der Waals surface area (Å²) < 4.78 is 4.84. The average Bonchev–Trinajstić information content (AvgIpc) is 3.95. The van der Waals surface area contributed by atoms with E-state index in [1.54, 1.807) is 0 Å². The molecule has 0 radical (unpaired) electrons. The Morgan fingerprint density at radius 3 is 0.986 bits per heavy atom. The van der Waals surface area contributed by atoms with Gasteiger partial charge in [-0.2, -0.15) is 0 Å². The molecule has 12 aromatic carbocycles. The first-order valence-corrected chi connectivity index (χ1v) is 24.2. The number of aromatic nitrogens is 2. The molecule has 0 aliphatic heterocycles. The van der Waals surface area contributed by atoms with Crippen LogP contribution >= 0.6 is 0 Å². The van der Waals surface area contributed by atoms with Crippen molar-refractivity contribution in [2.75, 3.05) is 0 Å². The lowest BCUT2D eigenvalue weighted by Crippen LogP contribution is -1.95. The van der Waals surface area contributed by atoms with E-state index in [-0.39, 0.29) is 0 Å². The van der Waals surface area contributed by atoms with Gasteiger partial charge in [0, 0.05) is 32.9 Å². The maximum atomic E-state index is 2.45. The van der Waals surface area contributed by atoms with Crippen molar-refractivity contribution in [2.45, 2.75) is 0 Å². The van der Waals surface area contributed by atoms with E-state index in [2.05, 4.69) is 276 Å². The van der Waals surface area contributed by atoms with Crippen LogP contribution in [0.5, 0.6) is 0 Å². The number of hydrogen-bond donors (Lipinski definition) is 0. The molecule has 0 aliphatic carbocycles. The monoisotopic (exact) mass is 888 g/mol. The topological polar surface area (TPSA) is 9.86 Å². The van der Waals surface area contributed by atoms with E-state index in [1.165, 1.54) is 121 Å². The number of para-hydroxylation sites is 2. The third-order valence-corrected chi connectivity index (χ3v) is 14.5. The van der Waals surface area contributed by atoms with Gasteiger partial charge in [-0.1, -0.05) is 194 Å². The van der Waals surface area contributed by atoms with Crippen LogP contribution < -0.4 is 0 Å². The van der Waals surface area contributed by atoms with Gasteiger partial charge in [-0.25, -0.2) is 0 Å². The first-order chi connectivity index (χ1) is 34.7. The highest BCUT2D eigenvalue weighted by Gasteiger charge is 2.20. The summed E-state index contributed by atoms with van der Waals surface area (Å²) in [7, 11) is 0. The lowest BCUT2D eigenvalue weighted by atomic mass is 9.86. The van der Waals surface area contributed by atoms with Gasteiger partial charge < -0.3 is 9.13 Å². The number of rotatable bonds is 7. The largest absolute Gasteiger partial charge is 0.309 e. The van der Waals surface area contributed by atoms with Crippen LogP contribution in [0.1, 0.15) is 0 Å². The zero-order valence-electron chi connectivity index (χ0n) is 38.3. The number of nitrogens with zero attached hydrogens (tertiary/aromatic N) is 2. The van der Waals surface area contributed by atoms with Gasteiger partial charge in [0.05, 0.1) is 22.1 Å². The predicted molar refractivity (Wildman–Crippen MR) is 297 cm³/mol. The van der Waals surface area contributed by atoms with Crippen molar-refractivity contribution in [1.82, 2.24) is 9.13 Å². The van der Waals surface area contributed by atoms with E-state index < -0.39 is 0 Å². The van der Waals surface area contributed by atoms with Crippen molar-refractivity contribution in [1.29, 1.82) is 0 Å². The fraction of sp³-hybridized carbons (Fsp3) is 0. The SMILES string of the molecule is c1ccc(-c2cccc(-c3ccc4c(c3)c3cc(-c5ccc6c(c5)c5ccccc5n6-c5ccccc5)ccc3n4-c3ccc(-c4c5ccccc5c(-c5ccccc5)c5ccccc45)cc3)c2)cc1. The summed E-state index contributed by atoms with van der Waals surface area (Å²) in [6.07, 6.45) is 0. The lowest BCUT2D eigenvalue weighted by Gasteiger charge is -2.18. The summed E-state index contributed by atoms with van der Waals surface area (Å²) in [5, 5.41) is 9.96. The van der Waals surface area contributed by atoms with Crippen molar-refractivity contribution in [2.24, 2.45) is 0 Å². The number of fused-ring (bicyclic) bond motifs is 8. The van der Waals surface area contributed by atoms with Gasteiger partial charge in [0.1, 0.15) is 0 Å². The minimum atomic E-state index is 1.12. The summed E-state index contributed by atoms with van der Waals surface area (Å²) in [5.41, 5.74) is 19.2. The van der Waals surface area contributed by atoms with E-state index in [0.29, 0.717) is 0 Å². The van der Waals surface area contributed by atoms with Crippen LogP contribution in [-0.2, 0) is 0 Å². The standard InChI is InChI=1S/C68H44N2/c1-4-17-45(18-5-1)48-21-16-22-49(41-48)50-33-39-65-61(43-50)62-44-52(51-34-38-64-60(42-51)55-25-14-15-30-63(55)69(64)53-23-8-3-9-24-53)35-40-66(62)70(65)54-36-31-47(32-37-54)68-58-28-12-10-26-56(58)67(46-19-6-2-7-20-46)57-27-11-13-29-59(57)68/h1-44H. The molecular formula is C68H44N2. The number of benzene rings is 12. The Kier molecular flexibility index (Phi) is 9.25. The van der Waals surface area contributed by atoms with Crippen LogP contribution in [0.3, 0.4) is 0 Å². The average molecular weight is 889 g/mol. The fourth-order valence-electron chi connectivity index (χ4n) is 11.3. The van der Waals surface area contributed by atoms with E-state index in [9.17, 15) is 0 Å². The van der Waals surface area contributed by atoms with Crippen LogP contribution in [0.2, 0.25) is 0 Å². The number of hydrogen-bond acceptors (Lipinski definition) is 0. The molecule has 0 fully saturated rings. The van der Waals surface area contributed by atoms with Crippen LogP contribution in [0.25, 0.3) is 132 Å². The molecular weight excluding hydrogens is 845 g/mol. The second kappa shape index (κ2) is 16.2. The maximum absolute atomic E-state index is 2.45. The first-order valence-electron chi connectivity index (χ1n) is 24.2. The summed E-state index contributed by atoms with van der Waals surface area (Å²) in [4.78, 5) is 0. The Balaban J connectivity index is 0.945. The molecule has 2 heterocycles. The molecule has 326 valence electrons. The van der Waals surface area contributed by atoms with E-state index >= 15 is 0 Å². The molecule has 2 heteroatoms. The quantitative estimate of drug-likeness (QED) is 0.141. The Bertz CT molecular complexity index is 4260. The van der Waals surface area contributed by atoms with Crippen molar-refractivity contribution in [3.63, 3.8) is 0 Å². The molecule has 14 aromatic rings. The second-order valence-corrected chi connectivity index (χ2v) is 18.4. The van der Waals surface area contributed by atoms with Crippen LogP contribution in [0.4, 0.5) is 0 Å². The Morgan fingerprint density at radius 2 is 0.486 bits per heavy atom. The van der Waals surface area contributed by atoms with Crippen LogP contribution in [-0.4, -0.2) is 9.13 Å². The Hall–Kier alpha value is -9.24. The van der Waals surface area contributed by atoms with Gasteiger partial charge in [0.25, 0.3) is 0 Å². The van der Waals surface area contributed by atoms with Crippen molar-refractivity contribution in [3.8, 4) is 67.0 Å². The van der Waals surface area contributed by atoms with Gasteiger partial charge in [0.2, 0.25) is 0 Å². The smallest absolute Gasteiger partial charge is 0.0541 e. The fourth-order valence-corrected chi connectivity index (χ4v) is 11.3. The normalized spacial score (nSPS) is 11.7. The van der Waals surface area contributed by atoms with Crippen molar-refractivity contribution >= 4 is 65.2 Å². The van der Waals surface area contributed by atoms with Crippen LogP contribution in [0, 0.1) is 0 Å². The molecule has 0 atom stereocenters. The second-order valence-electron chi connectivity index (χ2n) is 18.4. The van der Waals surface area contributed by atoms with Gasteiger partial charge in [-0.15, -0.1) is 0 Å². The van der Waals surface area contributed by atoms with Gasteiger partial charge in [-0.05, 0) is 150 Å². The molecule has 2 aromatic heterocycles. The van der Waals surface area contributed by atoms with E-state index in [4.69, 9.17) is 0 Å². The highest BCUT2D eigenvalue weighted by molar-refractivity contribution is 6.21. The highest BCUT2D eigenvalue weighted by atomic mass is 15.0. The van der Waals surface area contributed by atoms with E-state index in [0.717, 1.165) is 11.4 Å². The third kappa shape index (κ3) is 6.42. The predicted octanol–water partition coefficient (Wildman–Crippen LogP) is 18.5. The summed E-state index contributed by atoms with van der Waals surface area (Å²) >= 11 is 0. The van der Waals surface area contributed by atoms with Crippen molar-refractivity contribution in [3.05, 3.63) is 267 Å². The molecule has 0 spiro atoms. The van der Waals surface area contributed by atoms with Gasteiger partial charge in [-0.3, -0.25) is 0 Å². The molecule has 14 rings (SSSR count). The Morgan fingerprint density at radius 1 is 0.171 bits per heavy atom. The van der Waals surface area contributed by atoms with Gasteiger partial charge in [0.15, 0.2) is 0 Å². The zero-order valence-corrected chi connectivity index (χ0v) is 38.3. The molecule has 0 amide bonds. The third-order valence-electron chi connectivity index (χ3n) is 14.5. The van der Waals surface area contributed by atoms with Crippen molar-refractivity contribution < 1.29 is 0 Å². The van der Waals surface area contributed by atoms with Gasteiger partial charge >= 0.3 is 0 Å². The minimum Gasteiger partial charge on any atom is -0.309 e. The highest BCUT2D eigenvalue weighted by Crippen LogP contribution is 2.45. The Labute approximate surface area is 406 Å². The van der Waals surface area contributed by atoms with Crippen LogP contribution in [0.15, 0.2) is 267 Å². The molecule has 0 N–H and O–H groups in total. The molecule has 70 heavy (non-hydrogen) atoms. The molecule has 2 nitrogen and oxygen atoms in total. The molecule has 0 aliphatic rings. The summed E-state index contributed by atoms with van der Waals surface area (Å²) in [5.74, 6) is 0. The lowest BCUT2D eigenvalue weighted by molar-refractivity contribution is 1.18.